The summed E-state index contributed by atoms with van der Waals surface area (Å²) in [5, 5.41) is 2.79. The number of methoxy groups -OCH3 is 1. The molecule has 1 N–H and O–H groups in total. The number of nitrogens with one attached hydrogen (secondary N) is 1. The zero-order valence-corrected chi connectivity index (χ0v) is 10.5. The highest BCUT2D eigenvalue weighted by Crippen LogP contribution is 2.27. The van der Waals surface area contributed by atoms with E-state index in [1.807, 2.05) is 6.92 Å². The lowest BCUT2D eigenvalue weighted by atomic mass is 9.84. The molecule has 0 heterocycles. The molecule has 1 aliphatic rings. The predicted molar refractivity (Wildman–Crippen MR) is 62.5 cm³/mol. The van der Waals surface area contributed by atoms with Crippen molar-refractivity contribution in [1.29, 1.82) is 0 Å². The summed E-state index contributed by atoms with van der Waals surface area (Å²) in [6.07, 6.45) is 3.83. The van der Waals surface area contributed by atoms with Crippen LogP contribution in [0.4, 0.5) is 4.79 Å². The van der Waals surface area contributed by atoms with Crippen molar-refractivity contribution in [2.24, 2.45) is 5.92 Å². The Balaban J connectivity index is 2.21. The van der Waals surface area contributed by atoms with E-state index in [-0.39, 0.29) is 18.1 Å². The zero-order valence-electron chi connectivity index (χ0n) is 10.5. The van der Waals surface area contributed by atoms with Gasteiger partial charge in [0.1, 0.15) is 0 Å². The number of carbonyl (C=O) groups excluding carboxylic acids is 2. The van der Waals surface area contributed by atoms with Crippen LogP contribution in [-0.2, 0) is 14.3 Å². The minimum atomic E-state index is -0.376. The van der Waals surface area contributed by atoms with Crippen LogP contribution in [0.2, 0.25) is 0 Å². The topological polar surface area (TPSA) is 64.6 Å². The first-order valence-corrected chi connectivity index (χ1v) is 6.15. The average molecular weight is 243 g/mol. The number of ether oxygens (including phenoxy) is 2. The van der Waals surface area contributed by atoms with Crippen LogP contribution in [0.1, 0.15) is 39.0 Å². The Morgan fingerprint density at radius 3 is 2.41 bits per heavy atom. The Labute approximate surface area is 102 Å². The summed E-state index contributed by atoms with van der Waals surface area (Å²) in [6.45, 7) is 2.26. The highest BCUT2D eigenvalue weighted by Gasteiger charge is 2.24. The van der Waals surface area contributed by atoms with E-state index in [2.05, 4.69) is 10.1 Å². The van der Waals surface area contributed by atoms with Crippen LogP contribution in [0.5, 0.6) is 0 Å². The molecule has 0 aromatic carbocycles. The third-order valence-electron chi connectivity index (χ3n) is 3.11. The lowest BCUT2D eigenvalue weighted by molar-refractivity contribution is -0.144. The van der Waals surface area contributed by atoms with E-state index in [1.165, 1.54) is 7.11 Å². The van der Waals surface area contributed by atoms with E-state index < -0.39 is 0 Å². The number of hydrogen-bond acceptors (Lipinski definition) is 4. The fourth-order valence-corrected chi connectivity index (χ4v) is 2.19. The molecular formula is C12H21NO4. The van der Waals surface area contributed by atoms with Crippen molar-refractivity contribution in [2.45, 2.75) is 45.1 Å². The molecule has 17 heavy (non-hydrogen) atoms. The predicted octanol–water partition coefficient (Wildman–Crippen LogP) is 1.85. The summed E-state index contributed by atoms with van der Waals surface area (Å²) in [5.74, 6) is 0.279. The van der Waals surface area contributed by atoms with Crippen molar-refractivity contribution in [2.75, 3.05) is 13.7 Å². The molecule has 0 radical (unpaired) electrons. The summed E-state index contributed by atoms with van der Waals surface area (Å²) < 4.78 is 9.48. The van der Waals surface area contributed by atoms with Gasteiger partial charge in [-0.05, 0) is 38.5 Å². The Kier molecular flexibility index (Phi) is 5.80. The van der Waals surface area contributed by atoms with Gasteiger partial charge in [0.2, 0.25) is 0 Å². The van der Waals surface area contributed by atoms with E-state index in [0.717, 1.165) is 25.7 Å². The minimum absolute atomic E-state index is 0.114. The van der Waals surface area contributed by atoms with Crippen molar-refractivity contribution in [3.8, 4) is 0 Å². The van der Waals surface area contributed by atoms with Crippen LogP contribution in [0, 0.1) is 5.92 Å². The molecule has 0 aromatic rings. The molecule has 5 nitrogen and oxygen atoms in total. The number of alkyl carbamates (subject to hydrolysis) is 1. The molecule has 1 fully saturated rings. The van der Waals surface area contributed by atoms with Crippen LogP contribution in [-0.4, -0.2) is 31.8 Å². The van der Waals surface area contributed by atoms with Gasteiger partial charge in [0.25, 0.3) is 0 Å². The van der Waals surface area contributed by atoms with E-state index >= 15 is 0 Å². The highest BCUT2D eigenvalue weighted by atomic mass is 16.5. The Hall–Kier alpha value is -1.26. The SMILES string of the molecule is CCOC(=O)C[C@H]1CC[C@H](NC(=O)OC)CC1. The first-order valence-electron chi connectivity index (χ1n) is 6.15. The van der Waals surface area contributed by atoms with Gasteiger partial charge in [0.05, 0.1) is 13.7 Å². The van der Waals surface area contributed by atoms with Gasteiger partial charge in [-0.3, -0.25) is 4.79 Å². The van der Waals surface area contributed by atoms with E-state index in [0.29, 0.717) is 18.9 Å². The number of rotatable bonds is 4. The van der Waals surface area contributed by atoms with Crippen LogP contribution >= 0.6 is 0 Å². The van der Waals surface area contributed by atoms with E-state index in [1.54, 1.807) is 0 Å². The smallest absolute Gasteiger partial charge is 0.407 e. The molecule has 0 aromatic heterocycles. The molecule has 1 amide bonds. The number of hydrogen-bond donors (Lipinski definition) is 1. The molecule has 0 spiro atoms. The standard InChI is InChI=1S/C12H21NO4/c1-3-17-11(14)8-9-4-6-10(7-5-9)13-12(15)16-2/h9-10H,3-8H2,1-2H3,(H,13,15)/t9-,10-. The lowest BCUT2D eigenvalue weighted by Gasteiger charge is -2.28. The summed E-state index contributed by atoms with van der Waals surface area (Å²) in [7, 11) is 1.36. The summed E-state index contributed by atoms with van der Waals surface area (Å²) >= 11 is 0. The Morgan fingerprint density at radius 1 is 1.24 bits per heavy atom. The van der Waals surface area contributed by atoms with Gasteiger partial charge < -0.3 is 14.8 Å². The normalized spacial score (nSPS) is 23.9. The summed E-state index contributed by atoms with van der Waals surface area (Å²) in [5.41, 5.74) is 0. The molecule has 1 rings (SSSR count). The summed E-state index contributed by atoms with van der Waals surface area (Å²) in [6, 6.07) is 0.181. The van der Waals surface area contributed by atoms with Gasteiger partial charge in [-0.25, -0.2) is 4.79 Å². The highest BCUT2D eigenvalue weighted by molar-refractivity contribution is 5.69. The first kappa shape index (κ1) is 13.8. The minimum Gasteiger partial charge on any atom is -0.466 e. The van der Waals surface area contributed by atoms with E-state index in [4.69, 9.17) is 4.74 Å². The second-order valence-corrected chi connectivity index (χ2v) is 4.36. The number of carbonyl (C=O) groups is 2. The molecule has 0 aliphatic heterocycles. The second kappa shape index (κ2) is 7.14. The van der Waals surface area contributed by atoms with Gasteiger partial charge >= 0.3 is 12.1 Å². The largest absolute Gasteiger partial charge is 0.466 e. The molecule has 1 aliphatic carbocycles. The van der Waals surface area contributed by atoms with Crippen LogP contribution in [0.25, 0.3) is 0 Å². The van der Waals surface area contributed by atoms with Gasteiger partial charge in [-0.15, -0.1) is 0 Å². The van der Waals surface area contributed by atoms with Crippen molar-refractivity contribution >= 4 is 12.1 Å². The quantitative estimate of drug-likeness (QED) is 0.765. The van der Waals surface area contributed by atoms with Gasteiger partial charge in [0.15, 0.2) is 0 Å². The van der Waals surface area contributed by atoms with Crippen molar-refractivity contribution < 1.29 is 19.1 Å². The summed E-state index contributed by atoms with van der Waals surface area (Å²) in [4.78, 5) is 22.3. The molecule has 98 valence electrons. The van der Waals surface area contributed by atoms with Gasteiger partial charge in [-0.2, -0.15) is 0 Å². The van der Waals surface area contributed by atoms with Crippen LogP contribution < -0.4 is 5.32 Å². The molecule has 5 heteroatoms. The molecular weight excluding hydrogens is 222 g/mol. The average Bonchev–Trinajstić information content (AvgIpc) is 2.32. The Bertz CT molecular complexity index is 259. The van der Waals surface area contributed by atoms with Crippen LogP contribution in [0.3, 0.4) is 0 Å². The molecule has 0 unspecified atom stereocenters. The monoisotopic (exact) mass is 243 g/mol. The number of esters is 1. The fraction of sp³-hybridized carbons (Fsp3) is 0.833. The molecule has 0 bridgehead atoms. The molecule has 0 atom stereocenters. The maximum absolute atomic E-state index is 11.3. The first-order chi connectivity index (χ1) is 8.15. The third-order valence-corrected chi connectivity index (χ3v) is 3.11. The van der Waals surface area contributed by atoms with Crippen molar-refractivity contribution in [1.82, 2.24) is 5.32 Å². The number of amides is 1. The fourth-order valence-electron chi connectivity index (χ4n) is 2.19. The maximum Gasteiger partial charge on any atom is 0.407 e. The second-order valence-electron chi connectivity index (χ2n) is 4.36. The van der Waals surface area contributed by atoms with Crippen LogP contribution in [0.15, 0.2) is 0 Å². The molecule has 1 saturated carbocycles. The molecule has 0 saturated heterocycles. The van der Waals surface area contributed by atoms with Gasteiger partial charge in [-0.1, -0.05) is 0 Å². The van der Waals surface area contributed by atoms with Crippen molar-refractivity contribution in [3.05, 3.63) is 0 Å². The van der Waals surface area contributed by atoms with Gasteiger partial charge in [0, 0.05) is 12.5 Å². The maximum atomic E-state index is 11.3. The lowest BCUT2D eigenvalue weighted by Crippen LogP contribution is -2.37. The zero-order chi connectivity index (χ0) is 12.7. The Morgan fingerprint density at radius 2 is 1.88 bits per heavy atom. The van der Waals surface area contributed by atoms with Crippen molar-refractivity contribution in [3.63, 3.8) is 0 Å². The third kappa shape index (κ3) is 5.06. The van der Waals surface area contributed by atoms with E-state index in [9.17, 15) is 9.59 Å².